The molecule has 0 spiro atoms. The molecule has 0 aromatic heterocycles. The van der Waals surface area contributed by atoms with E-state index < -0.39 is 6.04 Å². The van der Waals surface area contributed by atoms with E-state index in [-0.39, 0.29) is 11.7 Å². The molecule has 1 N–H and O–H groups in total. The molecule has 1 atom stereocenters. The van der Waals surface area contributed by atoms with Crippen LogP contribution in [0.1, 0.15) is 22.0 Å². The summed E-state index contributed by atoms with van der Waals surface area (Å²) in [6.45, 7) is 0. The van der Waals surface area contributed by atoms with Gasteiger partial charge in [-0.3, -0.25) is 4.79 Å². The van der Waals surface area contributed by atoms with Gasteiger partial charge in [0, 0.05) is 9.13 Å². The van der Waals surface area contributed by atoms with E-state index in [0.717, 1.165) is 3.57 Å². The number of carbonyl (C=O) groups excluding carboxylic acids is 1. The summed E-state index contributed by atoms with van der Waals surface area (Å²) in [4.78, 5) is 12.1. The summed E-state index contributed by atoms with van der Waals surface area (Å²) < 4.78 is 13.8. The van der Waals surface area contributed by atoms with Crippen LogP contribution in [-0.2, 0) is 0 Å². The number of nitriles is 1. The number of amides is 1. The Labute approximate surface area is 129 Å². The molecule has 2 rings (SSSR count). The standard InChI is InChI=1S/C15H10FIN2O/c16-12-6-4-10(5-7-12)14(9-18)19-15(20)11-2-1-3-13(17)8-11/h1-8,14H,(H,19,20)/t14-/m0/s1. The summed E-state index contributed by atoms with van der Waals surface area (Å²) in [5.74, 6) is -0.714. The van der Waals surface area contributed by atoms with E-state index >= 15 is 0 Å². The SMILES string of the molecule is N#C[C@H](NC(=O)c1cccc(I)c1)c1ccc(F)cc1. The van der Waals surface area contributed by atoms with Crippen LogP contribution in [0, 0.1) is 20.7 Å². The summed E-state index contributed by atoms with van der Waals surface area (Å²) >= 11 is 2.11. The van der Waals surface area contributed by atoms with Gasteiger partial charge in [0.25, 0.3) is 5.91 Å². The van der Waals surface area contributed by atoms with Gasteiger partial charge < -0.3 is 5.32 Å². The molecule has 0 aliphatic rings. The molecule has 0 saturated heterocycles. The molecular formula is C15H10FIN2O. The summed E-state index contributed by atoms with van der Waals surface area (Å²) in [5, 5.41) is 11.8. The average Bonchev–Trinajstić information content (AvgIpc) is 2.45. The minimum absolute atomic E-state index is 0.334. The second-order valence-electron chi connectivity index (χ2n) is 4.10. The Morgan fingerprint density at radius 3 is 2.55 bits per heavy atom. The van der Waals surface area contributed by atoms with E-state index in [2.05, 4.69) is 27.9 Å². The monoisotopic (exact) mass is 380 g/mol. The lowest BCUT2D eigenvalue weighted by molar-refractivity contribution is 0.0945. The Morgan fingerprint density at radius 2 is 1.95 bits per heavy atom. The molecule has 0 unspecified atom stereocenters. The van der Waals surface area contributed by atoms with E-state index in [4.69, 9.17) is 5.26 Å². The topological polar surface area (TPSA) is 52.9 Å². The number of hydrogen-bond donors (Lipinski definition) is 1. The molecule has 5 heteroatoms. The summed E-state index contributed by atoms with van der Waals surface area (Å²) in [7, 11) is 0. The molecule has 20 heavy (non-hydrogen) atoms. The first-order chi connectivity index (χ1) is 9.60. The number of benzene rings is 2. The van der Waals surface area contributed by atoms with Crippen molar-refractivity contribution < 1.29 is 9.18 Å². The zero-order chi connectivity index (χ0) is 14.5. The van der Waals surface area contributed by atoms with Crippen LogP contribution in [0.4, 0.5) is 4.39 Å². The van der Waals surface area contributed by atoms with Crippen LogP contribution in [-0.4, -0.2) is 5.91 Å². The Bertz CT molecular complexity index is 664. The van der Waals surface area contributed by atoms with Crippen LogP contribution < -0.4 is 5.32 Å². The molecule has 0 aliphatic carbocycles. The van der Waals surface area contributed by atoms with E-state index in [1.54, 1.807) is 18.2 Å². The van der Waals surface area contributed by atoms with Gasteiger partial charge in [0.15, 0.2) is 0 Å². The van der Waals surface area contributed by atoms with Crippen molar-refractivity contribution in [2.45, 2.75) is 6.04 Å². The number of nitrogens with zero attached hydrogens (tertiary/aromatic N) is 1. The molecule has 0 radical (unpaired) electrons. The Hall–Kier alpha value is -1.94. The highest BCUT2D eigenvalue weighted by Crippen LogP contribution is 2.14. The minimum Gasteiger partial charge on any atom is -0.333 e. The van der Waals surface area contributed by atoms with Gasteiger partial charge in [0.2, 0.25) is 0 Å². The van der Waals surface area contributed by atoms with Crippen LogP contribution in [0.25, 0.3) is 0 Å². The largest absolute Gasteiger partial charge is 0.333 e. The maximum absolute atomic E-state index is 12.9. The fourth-order valence-electron chi connectivity index (χ4n) is 1.69. The number of hydrogen-bond acceptors (Lipinski definition) is 2. The van der Waals surface area contributed by atoms with Crippen molar-refractivity contribution in [3.63, 3.8) is 0 Å². The Balaban J connectivity index is 2.17. The fraction of sp³-hybridized carbons (Fsp3) is 0.0667. The first-order valence-electron chi connectivity index (χ1n) is 5.81. The maximum Gasteiger partial charge on any atom is 0.252 e. The van der Waals surface area contributed by atoms with Crippen LogP contribution in [0.3, 0.4) is 0 Å². The molecule has 2 aromatic rings. The van der Waals surface area contributed by atoms with Gasteiger partial charge in [-0.1, -0.05) is 18.2 Å². The highest BCUT2D eigenvalue weighted by atomic mass is 127. The van der Waals surface area contributed by atoms with Gasteiger partial charge >= 0.3 is 0 Å². The summed E-state index contributed by atoms with van der Waals surface area (Å²) in [5.41, 5.74) is 1.03. The smallest absolute Gasteiger partial charge is 0.252 e. The van der Waals surface area contributed by atoms with E-state index in [1.807, 2.05) is 12.1 Å². The van der Waals surface area contributed by atoms with Crippen molar-refractivity contribution in [3.8, 4) is 6.07 Å². The van der Waals surface area contributed by atoms with Crippen LogP contribution in [0.2, 0.25) is 0 Å². The molecular weight excluding hydrogens is 370 g/mol. The molecule has 0 heterocycles. The number of nitrogens with one attached hydrogen (secondary N) is 1. The van der Waals surface area contributed by atoms with Crippen LogP contribution in [0.5, 0.6) is 0 Å². The van der Waals surface area contributed by atoms with Crippen molar-refractivity contribution >= 4 is 28.5 Å². The molecule has 2 aromatic carbocycles. The molecule has 3 nitrogen and oxygen atoms in total. The van der Waals surface area contributed by atoms with Gasteiger partial charge in [0.1, 0.15) is 11.9 Å². The molecule has 0 fully saturated rings. The van der Waals surface area contributed by atoms with Crippen molar-refractivity contribution in [1.82, 2.24) is 5.32 Å². The lowest BCUT2D eigenvalue weighted by atomic mass is 10.1. The van der Waals surface area contributed by atoms with Crippen molar-refractivity contribution in [2.75, 3.05) is 0 Å². The molecule has 0 bridgehead atoms. The van der Waals surface area contributed by atoms with Gasteiger partial charge in [-0.05, 0) is 58.5 Å². The van der Waals surface area contributed by atoms with Crippen LogP contribution >= 0.6 is 22.6 Å². The van der Waals surface area contributed by atoms with Gasteiger partial charge in [-0.2, -0.15) is 5.26 Å². The molecule has 100 valence electrons. The predicted octanol–water partition coefficient (Wildman–Crippen LogP) is 3.42. The second-order valence-corrected chi connectivity index (χ2v) is 5.34. The second kappa shape index (κ2) is 6.48. The van der Waals surface area contributed by atoms with Crippen molar-refractivity contribution in [1.29, 1.82) is 5.26 Å². The van der Waals surface area contributed by atoms with Gasteiger partial charge in [-0.15, -0.1) is 0 Å². The Kier molecular flexibility index (Phi) is 4.69. The zero-order valence-electron chi connectivity index (χ0n) is 10.3. The van der Waals surface area contributed by atoms with Crippen molar-refractivity contribution in [3.05, 3.63) is 69.0 Å². The predicted molar refractivity (Wildman–Crippen MR) is 81.4 cm³/mol. The van der Waals surface area contributed by atoms with Crippen LogP contribution in [0.15, 0.2) is 48.5 Å². The van der Waals surface area contributed by atoms with E-state index in [0.29, 0.717) is 11.1 Å². The third-order valence-electron chi connectivity index (χ3n) is 2.69. The normalized spacial score (nSPS) is 11.4. The highest BCUT2D eigenvalue weighted by Gasteiger charge is 2.15. The van der Waals surface area contributed by atoms with Gasteiger partial charge in [0.05, 0.1) is 6.07 Å². The lowest BCUT2D eigenvalue weighted by Gasteiger charge is -2.12. The molecule has 1 amide bonds. The third-order valence-corrected chi connectivity index (χ3v) is 3.37. The number of rotatable bonds is 3. The zero-order valence-corrected chi connectivity index (χ0v) is 12.5. The number of halogens is 2. The molecule has 0 aliphatic heterocycles. The lowest BCUT2D eigenvalue weighted by Crippen LogP contribution is -2.27. The maximum atomic E-state index is 12.9. The minimum atomic E-state index is -0.805. The molecule has 0 saturated carbocycles. The van der Waals surface area contributed by atoms with E-state index in [1.165, 1.54) is 24.3 Å². The summed E-state index contributed by atoms with van der Waals surface area (Å²) in [6.07, 6.45) is 0. The third kappa shape index (κ3) is 3.54. The quantitative estimate of drug-likeness (QED) is 0.830. The van der Waals surface area contributed by atoms with E-state index in [9.17, 15) is 9.18 Å². The van der Waals surface area contributed by atoms with Gasteiger partial charge in [-0.25, -0.2) is 4.39 Å². The highest BCUT2D eigenvalue weighted by molar-refractivity contribution is 14.1. The first kappa shape index (κ1) is 14.5. The first-order valence-corrected chi connectivity index (χ1v) is 6.89. The fourth-order valence-corrected chi connectivity index (χ4v) is 2.23. The Morgan fingerprint density at radius 1 is 1.25 bits per heavy atom. The number of carbonyl (C=O) groups is 1. The summed E-state index contributed by atoms with van der Waals surface area (Å²) in [6, 6.07) is 13.7. The average molecular weight is 380 g/mol. The van der Waals surface area contributed by atoms with Crippen molar-refractivity contribution in [2.24, 2.45) is 0 Å².